The summed E-state index contributed by atoms with van der Waals surface area (Å²) in [7, 11) is 1.65. The van der Waals surface area contributed by atoms with Crippen LogP contribution in [0.3, 0.4) is 0 Å². The van der Waals surface area contributed by atoms with Crippen molar-refractivity contribution in [2.45, 2.75) is 51.0 Å². The molecule has 170 valence electrons. The van der Waals surface area contributed by atoms with Crippen LogP contribution in [0.5, 0.6) is 5.75 Å². The molecule has 8 nitrogen and oxygen atoms in total. The second-order valence-electron chi connectivity index (χ2n) is 9.33. The van der Waals surface area contributed by atoms with E-state index in [1.54, 1.807) is 35.5 Å². The van der Waals surface area contributed by atoms with Crippen LogP contribution in [-0.2, 0) is 17.6 Å². The number of thiophene rings is 1. The summed E-state index contributed by atoms with van der Waals surface area (Å²) in [5, 5.41) is 12.1. The third kappa shape index (κ3) is 3.51. The molecule has 1 unspecified atom stereocenters. The molecule has 1 fully saturated rings. The van der Waals surface area contributed by atoms with Crippen molar-refractivity contribution >= 4 is 44.5 Å². The summed E-state index contributed by atoms with van der Waals surface area (Å²) in [4.78, 5) is 24.2. The van der Waals surface area contributed by atoms with E-state index >= 15 is 0 Å². The van der Waals surface area contributed by atoms with Gasteiger partial charge in [-0.1, -0.05) is 0 Å². The number of rotatable bonds is 5. The van der Waals surface area contributed by atoms with E-state index in [0.29, 0.717) is 5.75 Å². The summed E-state index contributed by atoms with van der Waals surface area (Å²) >= 11 is 1.68. The number of methoxy groups -OCH3 is 1. The van der Waals surface area contributed by atoms with Crippen LogP contribution in [0, 0.1) is 5.92 Å². The highest BCUT2D eigenvalue weighted by molar-refractivity contribution is 7.19. The van der Waals surface area contributed by atoms with Crippen molar-refractivity contribution < 1.29 is 9.53 Å². The molecule has 1 atom stereocenters. The van der Waals surface area contributed by atoms with E-state index in [9.17, 15) is 4.79 Å². The Labute approximate surface area is 195 Å². The minimum atomic E-state index is -0.00421. The van der Waals surface area contributed by atoms with Gasteiger partial charge in [0.15, 0.2) is 5.75 Å². The largest absolute Gasteiger partial charge is 0.493 e. The third-order valence-electron chi connectivity index (χ3n) is 7.07. The number of pyridine rings is 1. The summed E-state index contributed by atoms with van der Waals surface area (Å²) in [5.41, 5.74) is 3.05. The van der Waals surface area contributed by atoms with Crippen LogP contribution in [-0.4, -0.2) is 38.1 Å². The lowest BCUT2D eigenvalue weighted by Crippen LogP contribution is -2.53. The van der Waals surface area contributed by atoms with Crippen LogP contribution < -0.4 is 15.4 Å². The Balaban J connectivity index is 1.31. The standard InChI is InChI=1S/C24H26N6O2S/c1-24(7-3-8-24)29-22(31)14-4-5-16-19(10-14)33-23-20(16)21(25-13-26-23)28-17-11-15-6-9-27-30(15)12-18(17)32-2/h6,9,11-14H,3-5,7-8,10H2,1-2H3,(H,29,31)(H,25,26,28). The molecule has 0 saturated heterocycles. The molecule has 4 aromatic heterocycles. The number of aromatic nitrogens is 4. The lowest BCUT2D eigenvalue weighted by Gasteiger charge is -2.40. The van der Waals surface area contributed by atoms with Gasteiger partial charge in [-0.05, 0) is 63.1 Å². The topological polar surface area (TPSA) is 93.4 Å². The van der Waals surface area contributed by atoms with Crippen molar-refractivity contribution in [3.8, 4) is 5.75 Å². The number of ether oxygens (including phenoxy) is 1. The van der Waals surface area contributed by atoms with Gasteiger partial charge < -0.3 is 15.4 Å². The Morgan fingerprint density at radius 3 is 3.00 bits per heavy atom. The van der Waals surface area contributed by atoms with Gasteiger partial charge in [-0.25, -0.2) is 14.5 Å². The first-order valence-electron chi connectivity index (χ1n) is 11.4. The van der Waals surface area contributed by atoms with E-state index < -0.39 is 0 Å². The second kappa shape index (κ2) is 7.69. The second-order valence-corrected chi connectivity index (χ2v) is 10.4. The molecule has 0 radical (unpaired) electrons. The van der Waals surface area contributed by atoms with Crippen LogP contribution in [0.15, 0.2) is 30.9 Å². The maximum absolute atomic E-state index is 12.9. The Bertz CT molecular complexity index is 1370. The molecule has 0 bridgehead atoms. The lowest BCUT2D eigenvalue weighted by atomic mass is 9.77. The first-order chi connectivity index (χ1) is 16.0. The highest BCUT2D eigenvalue weighted by Crippen LogP contribution is 2.41. The van der Waals surface area contributed by atoms with Gasteiger partial charge in [-0.2, -0.15) is 5.10 Å². The van der Waals surface area contributed by atoms with Crippen molar-refractivity contribution in [3.63, 3.8) is 0 Å². The molecule has 9 heteroatoms. The smallest absolute Gasteiger partial charge is 0.223 e. The predicted octanol–water partition coefficient (Wildman–Crippen LogP) is 4.25. The number of carbonyl (C=O) groups is 1. The van der Waals surface area contributed by atoms with Crippen LogP contribution in [0.2, 0.25) is 0 Å². The quantitative estimate of drug-likeness (QED) is 0.460. The molecule has 2 aliphatic carbocycles. The molecule has 4 heterocycles. The van der Waals surface area contributed by atoms with E-state index in [0.717, 1.165) is 59.3 Å². The maximum Gasteiger partial charge on any atom is 0.223 e. The number of fused-ring (bicyclic) bond motifs is 4. The highest BCUT2D eigenvalue weighted by atomic mass is 32.1. The Morgan fingerprint density at radius 2 is 2.21 bits per heavy atom. The molecule has 1 amide bonds. The van der Waals surface area contributed by atoms with Crippen molar-refractivity contribution in [2.75, 3.05) is 12.4 Å². The zero-order chi connectivity index (χ0) is 22.6. The fourth-order valence-corrected chi connectivity index (χ4v) is 6.26. The van der Waals surface area contributed by atoms with Crippen molar-refractivity contribution in [2.24, 2.45) is 5.92 Å². The summed E-state index contributed by atoms with van der Waals surface area (Å²) in [5.74, 6) is 1.67. The van der Waals surface area contributed by atoms with Gasteiger partial charge in [0.25, 0.3) is 0 Å². The zero-order valence-electron chi connectivity index (χ0n) is 18.7. The van der Waals surface area contributed by atoms with Crippen molar-refractivity contribution in [1.29, 1.82) is 0 Å². The summed E-state index contributed by atoms with van der Waals surface area (Å²) in [6.45, 7) is 2.16. The number of anilines is 2. The molecule has 6 rings (SSSR count). The fraction of sp³-hybridized carbons (Fsp3) is 0.417. The molecule has 33 heavy (non-hydrogen) atoms. The van der Waals surface area contributed by atoms with Crippen LogP contribution >= 0.6 is 11.3 Å². The average molecular weight is 463 g/mol. The number of hydrogen-bond donors (Lipinski definition) is 2. The van der Waals surface area contributed by atoms with Gasteiger partial charge in [0.2, 0.25) is 5.91 Å². The van der Waals surface area contributed by atoms with Crippen molar-refractivity contribution in [1.82, 2.24) is 24.9 Å². The third-order valence-corrected chi connectivity index (χ3v) is 8.23. The van der Waals surface area contributed by atoms with Crippen LogP contribution in [0.25, 0.3) is 15.7 Å². The molecule has 0 aliphatic heterocycles. The lowest BCUT2D eigenvalue weighted by molar-refractivity contribution is -0.128. The molecule has 1 saturated carbocycles. The van der Waals surface area contributed by atoms with Crippen LogP contribution in [0.1, 0.15) is 43.0 Å². The molecular weight excluding hydrogens is 436 g/mol. The van der Waals surface area contributed by atoms with Gasteiger partial charge in [0, 0.05) is 22.5 Å². The Hall–Kier alpha value is -3.20. The summed E-state index contributed by atoms with van der Waals surface area (Å²) < 4.78 is 7.37. The van der Waals surface area contributed by atoms with Crippen molar-refractivity contribution in [3.05, 3.63) is 41.3 Å². The van der Waals surface area contributed by atoms with E-state index in [4.69, 9.17) is 4.74 Å². The number of amides is 1. The molecular formula is C24H26N6O2S. The summed E-state index contributed by atoms with van der Waals surface area (Å²) in [6.07, 6.45) is 11.0. The SMILES string of the molecule is COc1cn2nccc2cc1Nc1ncnc2sc3c(c12)CCC(C(=O)NC1(C)CCC1)C3. The summed E-state index contributed by atoms with van der Waals surface area (Å²) in [6, 6.07) is 3.95. The molecule has 2 N–H and O–H groups in total. The molecule has 0 spiro atoms. The van der Waals surface area contributed by atoms with E-state index in [1.165, 1.54) is 16.9 Å². The predicted molar refractivity (Wildman–Crippen MR) is 128 cm³/mol. The normalized spacial score (nSPS) is 19.2. The number of nitrogens with one attached hydrogen (secondary N) is 2. The van der Waals surface area contributed by atoms with Gasteiger partial charge in [0.05, 0.1) is 29.9 Å². The van der Waals surface area contributed by atoms with Gasteiger partial charge in [0.1, 0.15) is 17.0 Å². The number of aryl methyl sites for hydroxylation is 1. The Morgan fingerprint density at radius 1 is 1.33 bits per heavy atom. The average Bonchev–Trinajstić information content (AvgIpc) is 3.40. The van der Waals surface area contributed by atoms with Gasteiger partial charge in [-0.3, -0.25) is 4.79 Å². The number of hydrogen-bond acceptors (Lipinski definition) is 7. The Kier molecular flexibility index (Phi) is 4.76. The first-order valence-corrected chi connectivity index (χ1v) is 12.2. The van der Waals surface area contributed by atoms with E-state index in [-0.39, 0.29) is 17.4 Å². The molecule has 0 aromatic carbocycles. The van der Waals surface area contributed by atoms with E-state index in [1.807, 2.05) is 18.3 Å². The monoisotopic (exact) mass is 462 g/mol. The number of carbonyl (C=O) groups excluding carboxylic acids is 1. The van der Waals surface area contributed by atoms with Crippen LogP contribution in [0.4, 0.5) is 11.5 Å². The van der Waals surface area contributed by atoms with Gasteiger partial charge in [-0.15, -0.1) is 11.3 Å². The minimum absolute atomic E-state index is 0.00421. The molecule has 2 aliphatic rings. The van der Waals surface area contributed by atoms with Gasteiger partial charge >= 0.3 is 0 Å². The minimum Gasteiger partial charge on any atom is -0.493 e. The maximum atomic E-state index is 12.9. The molecule has 4 aromatic rings. The number of nitrogens with zero attached hydrogens (tertiary/aromatic N) is 4. The highest BCUT2D eigenvalue weighted by Gasteiger charge is 2.36. The zero-order valence-corrected chi connectivity index (χ0v) is 19.5. The first kappa shape index (κ1) is 20.4. The fourth-order valence-electron chi connectivity index (χ4n) is 4.99. The van der Waals surface area contributed by atoms with E-state index in [2.05, 4.69) is 32.6 Å².